The maximum absolute atomic E-state index is 17.3. The van der Waals surface area contributed by atoms with Gasteiger partial charge in [-0.2, -0.15) is 9.97 Å². The number of ether oxygens (including phenoxy) is 2. The number of aromatic hydroxyl groups is 1. The van der Waals surface area contributed by atoms with Crippen molar-refractivity contribution in [3.63, 3.8) is 0 Å². The first-order valence-corrected chi connectivity index (χ1v) is 30.9. The number of thiazole rings is 1. The molecule has 5 fully saturated rings. The number of phenolic OH excluding ortho intramolecular Hbond substituents is 1. The molecule has 8 atom stereocenters. The maximum atomic E-state index is 17.3. The lowest BCUT2D eigenvalue weighted by Gasteiger charge is -2.35. The van der Waals surface area contributed by atoms with Crippen molar-refractivity contribution in [2.75, 3.05) is 50.8 Å². The molecule has 6 aromatic rings. The second-order valence-corrected chi connectivity index (χ2v) is 25.7. The number of aliphatic hydroxyl groups excluding tert-OH is 1. The number of hydrogen-bond acceptors (Lipinski definition) is 16. The fraction of sp³-hybridized carbons (Fsp3) is 0.524. The molecule has 0 saturated carbocycles. The number of carbonyl (C=O) groups is 4. The Morgan fingerprint density at radius 1 is 0.965 bits per heavy atom. The molecule has 11 rings (SSSR count). The monoisotopic (exact) mass is 1190 g/mol. The van der Waals surface area contributed by atoms with E-state index >= 15 is 8.78 Å². The molecule has 19 nitrogen and oxygen atoms in total. The summed E-state index contributed by atoms with van der Waals surface area (Å²) in [4.78, 5) is 80.1. The Morgan fingerprint density at radius 2 is 1.74 bits per heavy atom. The van der Waals surface area contributed by atoms with Crippen LogP contribution in [-0.2, 0) is 25.5 Å². The standard InChI is InChI=1S/C63H77F2N11O8S/c1-7-45-48(64)19-16-39-25-43(77)26-46(51(39)45)53-52(65)54-47(28-67-53)57(74-29-40-17-18-41(30-74)70-40)73-60(72-54)84-33-63-21-10-24-76(63)42(20-22-63)32-83-61(82)66-23-9-8-11-50(79)71-56(62(4,5)6)59(81)75-31-44(78)27-49(75)58(80)69-35(2)37-12-14-38(15-13-37)55-36(3)68-34-85-55/h12-16,19,25-26,28,34-35,40-42,44,49,56,70,77-78H,7-11,17-18,20-24,27,29-33H2,1-6H3,(H,66,82)(H,69,80)(H,71,79)/t35-,40?,41?,42+,44+,49-,56?,63?/m0/s1. The average Bonchev–Trinajstić information content (AvgIpc) is 2.34. The first kappa shape index (κ1) is 59.6. The second kappa shape index (κ2) is 24.7. The van der Waals surface area contributed by atoms with Crippen molar-refractivity contribution in [2.45, 2.75) is 160 Å². The molecule has 3 aromatic heterocycles. The molecule has 0 aliphatic carbocycles. The number of aliphatic hydroxyl groups is 1. The molecule has 4 amide bonds. The number of amides is 4. The fourth-order valence-electron chi connectivity index (χ4n) is 13.6. The summed E-state index contributed by atoms with van der Waals surface area (Å²) in [5, 5.41) is 35.4. The number of benzene rings is 3. The highest BCUT2D eigenvalue weighted by atomic mass is 32.1. The third kappa shape index (κ3) is 12.5. The number of nitrogens with one attached hydrogen (secondary N) is 4. The summed E-state index contributed by atoms with van der Waals surface area (Å²) in [6, 6.07) is 12.0. The minimum absolute atomic E-state index is 0.0139. The number of halogens is 2. The minimum atomic E-state index is -0.970. The van der Waals surface area contributed by atoms with Crippen molar-refractivity contribution in [2.24, 2.45) is 5.41 Å². The van der Waals surface area contributed by atoms with Gasteiger partial charge in [0, 0.05) is 68.9 Å². The van der Waals surface area contributed by atoms with E-state index < -0.39 is 52.8 Å². The molecule has 3 aromatic carbocycles. The molecule has 22 heteroatoms. The molecular weight excluding hydrogens is 1110 g/mol. The van der Waals surface area contributed by atoms with Crippen molar-refractivity contribution in [1.82, 2.24) is 51.0 Å². The van der Waals surface area contributed by atoms with E-state index in [0.717, 1.165) is 66.8 Å². The first-order valence-electron chi connectivity index (χ1n) is 30.0. The number of pyridine rings is 1. The Bertz CT molecular complexity index is 3480. The number of nitrogens with zero attached hydrogens (tertiary/aromatic N) is 7. The average molecular weight is 1190 g/mol. The lowest BCUT2D eigenvalue weighted by atomic mass is 9.85. The minimum Gasteiger partial charge on any atom is -0.508 e. The second-order valence-electron chi connectivity index (χ2n) is 24.9. The van der Waals surface area contributed by atoms with Crippen molar-refractivity contribution >= 4 is 62.6 Å². The molecule has 5 aliphatic heterocycles. The Labute approximate surface area is 497 Å². The number of piperazine rings is 1. The van der Waals surface area contributed by atoms with E-state index in [0.29, 0.717) is 59.9 Å². The molecule has 5 saturated heterocycles. The van der Waals surface area contributed by atoms with Gasteiger partial charge in [0.2, 0.25) is 17.7 Å². The summed E-state index contributed by atoms with van der Waals surface area (Å²) in [7, 11) is 0. The number of fused-ring (bicyclic) bond motifs is 5. The van der Waals surface area contributed by atoms with Crippen LogP contribution < -0.4 is 30.9 Å². The Kier molecular flexibility index (Phi) is 17.3. The van der Waals surface area contributed by atoms with Gasteiger partial charge in [-0.15, -0.1) is 11.3 Å². The van der Waals surface area contributed by atoms with Crippen LogP contribution >= 0.6 is 11.3 Å². The molecule has 2 bridgehead atoms. The van der Waals surface area contributed by atoms with E-state index in [-0.39, 0.29) is 104 Å². The third-order valence-corrected chi connectivity index (χ3v) is 19.0. The number of likely N-dealkylation sites (tertiary alicyclic amines) is 1. The van der Waals surface area contributed by atoms with Crippen molar-refractivity contribution in [1.29, 1.82) is 0 Å². The van der Waals surface area contributed by atoms with Gasteiger partial charge >= 0.3 is 12.1 Å². The summed E-state index contributed by atoms with van der Waals surface area (Å²) in [6.45, 7) is 13.9. The number of hydrogen-bond donors (Lipinski definition) is 6. The van der Waals surface area contributed by atoms with Gasteiger partial charge in [-0.3, -0.25) is 24.3 Å². The van der Waals surface area contributed by atoms with Crippen molar-refractivity contribution in [3.05, 3.63) is 88.7 Å². The zero-order valence-electron chi connectivity index (χ0n) is 49.2. The summed E-state index contributed by atoms with van der Waals surface area (Å²) in [5.74, 6) is -1.91. The zero-order valence-corrected chi connectivity index (χ0v) is 50.0. The van der Waals surface area contributed by atoms with E-state index in [9.17, 15) is 29.4 Å². The number of aromatic nitrogens is 4. The number of anilines is 1. The summed E-state index contributed by atoms with van der Waals surface area (Å²) in [5.41, 5.74) is 4.17. The van der Waals surface area contributed by atoms with Crippen LogP contribution in [0.1, 0.15) is 122 Å². The van der Waals surface area contributed by atoms with Gasteiger partial charge in [-0.25, -0.2) is 18.6 Å². The molecule has 0 radical (unpaired) electrons. The topological polar surface area (TPSA) is 237 Å². The lowest BCUT2D eigenvalue weighted by molar-refractivity contribution is -0.144. The van der Waals surface area contributed by atoms with Crippen LogP contribution in [0.4, 0.5) is 19.4 Å². The van der Waals surface area contributed by atoms with Crippen LogP contribution in [0.2, 0.25) is 0 Å². The number of carbonyl (C=O) groups excluding carboxylic acids is 4. The van der Waals surface area contributed by atoms with Crippen LogP contribution in [0.3, 0.4) is 0 Å². The van der Waals surface area contributed by atoms with Gasteiger partial charge in [0.15, 0.2) is 5.82 Å². The van der Waals surface area contributed by atoms with Gasteiger partial charge in [-0.05, 0) is 129 Å². The first-order chi connectivity index (χ1) is 40.8. The van der Waals surface area contributed by atoms with Gasteiger partial charge in [-0.1, -0.05) is 58.0 Å². The highest BCUT2D eigenvalue weighted by Crippen LogP contribution is 2.44. The van der Waals surface area contributed by atoms with E-state index in [2.05, 4.69) is 41.0 Å². The number of β-amino-alcohol motifs (C(OH)–C–C–N with tert-alkyl or cyclic N) is 1. The Balaban J connectivity index is 0.672. The van der Waals surface area contributed by atoms with Gasteiger partial charge in [0.1, 0.15) is 53.9 Å². The number of aryl methyl sites for hydroxylation is 2. The van der Waals surface area contributed by atoms with Crippen LogP contribution in [0.15, 0.2) is 60.2 Å². The lowest BCUT2D eigenvalue weighted by Crippen LogP contribution is -2.57. The summed E-state index contributed by atoms with van der Waals surface area (Å²) >= 11 is 1.57. The normalized spacial score (nSPS) is 22.9. The summed E-state index contributed by atoms with van der Waals surface area (Å²) < 4.78 is 44.9. The van der Waals surface area contributed by atoms with Crippen molar-refractivity contribution < 1.29 is 47.6 Å². The maximum Gasteiger partial charge on any atom is 0.407 e. The van der Waals surface area contributed by atoms with Crippen LogP contribution in [0.5, 0.6) is 11.8 Å². The van der Waals surface area contributed by atoms with E-state index in [1.54, 1.807) is 23.6 Å². The quantitative estimate of drug-likeness (QED) is 0.0418. The van der Waals surface area contributed by atoms with Gasteiger partial charge in [0.25, 0.3) is 0 Å². The van der Waals surface area contributed by atoms with E-state index in [4.69, 9.17) is 19.4 Å². The van der Waals surface area contributed by atoms with E-state index in [1.807, 2.05) is 71.3 Å². The number of unbranched alkanes of at least 4 members (excludes halogenated alkanes) is 1. The van der Waals surface area contributed by atoms with Crippen LogP contribution in [0.25, 0.3) is 43.4 Å². The molecule has 0 spiro atoms. The van der Waals surface area contributed by atoms with Crippen LogP contribution in [0, 0.1) is 24.0 Å². The predicted molar refractivity (Wildman–Crippen MR) is 320 cm³/mol. The number of phenols is 1. The highest BCUT2D eigenvalue weighted by Gasteiger charge is 2.51. The largest absolute Gasteiger partial charge is 0.508 e. The predicted octanol–water partition coefficient (Wildman–Crippen LogP) is 8.41. The Morgan fingerprint density at radius 3 is 2.47 bits per heavy atom. The van der Waals surface area contributed by atoms with Crippen LogP contribution in [-0.4, -0.2) is 152 Å². The number of alkyl carbamates (subject to hydrolysis) is 1. The summed E-state index contributed by atoms with van der Waals surface area (Å²) in [6.07, 6.45) is 6.82. The molecule has 8 heterocycles. The fourth-order valence-corrected chi connectivity index (χ4v) is 14.4. The molecule has 85 heavy (non-hydrogen) atoms. The smallest absolute Gasteiger partial charge is 0.407 e. The van der Waals surface area contributed by atoms with E-state index in [1.165, 1.54) is 23.1 Å². The molecule has 452 valence electrons. The van der Waals surface area contributed by atoms with Gasteiger partial charge in [0.05, 0.1) is 39.2 Å². The SMILES string of the molecule is CCc1c(F)ccc2cc(O)cc(-c3ncc4c(N5CC6CCC(C5)N6)nc(OCC56CCCN5[C@@H](COC(=O)NCCCCC(=O)NC(C(=O)N5C[C@H](O)C[C@H]5C(=O)N[C@@H](C)c5ccc(-c7scnc7C)cc5)C(C)(C)C)CC6)nc4c3F)c12. The highest BCUT2D eigenvalue weighted by molar-refractivity contribution is 7.13. The molecule has 6 N–H and O–H groups in total. The zero-order chi connectivity index (χ0) is 59.9. The molecule has 4 unspecified atom stereocenters. The van der Waals surface area contributed by atoms with Gasteiger partial charge < -0.3 is 50.8 Å². The molecule has 5 aliphatic rings. The number of rotatable bonds is 19. The molecular formula is C63H77F2N11O8S. The Hall–Kier alpha value is -7.14. The third-order valence-electron chi connectivity index (χ3n) is 18.0. The van der Waals surface area contributed by atoms with Crippen molar-refractivity contribution in [3.8, 4) is 33.5 Å².